The maximum atomic E-state index is 13.9. The number of fused-ring (bicyclic) bond motifs is 1. The van der Waals surface area contributed by atoms with Crippen LogP contribution in [0.3, 0.4) is 0 Å². The zero-order chi connectivity index (χ0) is 27.0. The summed E-state index contributed by atoms with van der Waals surface area (Å²) in [6.45, 7) is 1.96. The molecule has 1 fully saturated rings. The van der Waals surface area contributed by atoms with Crippen molar-refractivity contribution in [2.75, 3.05) is 0 Å². The molecule has 1 unspecified atom stereocenters. The zero-order valence-corrected chi connectivity index (χ0v) is 20.8. The number of amidine groups is 1. The highest BCUT2D eigenvalue weighted by Gasteiger charge is 2.55. The van der Waals surface area contributed by atoms with Gasteiger partial charge in [0.15, 0.2) is 0 Å². The highest BCUT2D eigenvalue weighted by Crippen LogP contribution is 2.39. The predicted molar refractivity (Wildman–Crippen MR) is 145 cm³/mol. The quantitative estimate of drug-likeness (QED) is 0.198. The topological polar surface area (TPSA) is 134 Å². The van der Waals surface area contributed by atoms with Crippen molar-refractivity contribution in [1.82, 2.24) is 9.80 Å². The summed E-state index contributed by atoms with van der Waals surface area (Å²) in [5.41, 5.74) is 12.9. The van der Waals surface area contributed by atoms with Gasteiger partial charge in [0, 0.05) is 17.7 Å². The Morgan fingerprint density at radius 1 is 0.789 bits per heavy atom. The molecule has 1 aliphatic heterocycles. The van der Waals surface area contributed by atoms with Crippen molar-refractivity contribution in [3.05, 3.63) is 119 Å². The fraction of sp³-hybridized carbons (Fsp3) is 0.133. The average molecular weight is 506 g/mol. The maximum absolute atomic E-state index is 13.9. The Bertz CT molecular complexity index is 1600. The van der Waals surface area contributed by atoms with Gasteiger partial charge in [-0.1, -0.05) is 66.7 Å². The fourth-order valence-corrected chi connectivity index (χ4v) is 4.96. The Hall–Kier alpha value is -4.98. The molecule has 5 rings (SSSR count). The molecular formula is C30H27N5O3. The lowest BCUT2D eigenvalue weighted by Crippen LogP contribution is -2.43. The van der Waals surface area contributed by atoms with E-state index in [4.69, 9.17) is 16.9 Å². The Labute approximate surface area is 220 Å². The van der Waals surface area contributed by atoms with E-state index in [2.05, 4.69) is 0 Å². The van der Waals surface area contributed by atoms with Crippen LogP contribution in [0.15, 0.2) is 91.0 Å². The first-order valence-corrected chi connectivity index (χ1v) is 12.1. The van der Waals surface area contributed by atoms with Crippen molar-refractivity contribution < 1.29 is 14.4 Å². The standard InChI is InChI=1S/C30H27N5O3/c1-30(25-8-3-2-4-9-25)28(37)34(17-19-6-5-7-23(14-19)27(33)36)29(38)35(30)18-20-10-11-21-12-13-22(26(31)32)16-24(21)15-20/h2-16H,17-18H2,1H3,(H3,31,32)(H2,33,36). The van der Waals surface area contributed by atoms with Gasteiger partial charge in [0.25, 0.3) is 5.91 Å². The molecule has 4 aromatic rings. The summed E-state index contributed by atoms with van der Waals surface area (Å²) in [7, 11) is 0. The maximum Gasteiger partial charge on any atom is 0.328 e. The predicted octanol–water partition coefficient (Wildman–Crippen LogP) is 4.10. The minimum absolute atomic E-state index is 0.0113. The first-order valence-electron chi connectivity index (χ1n) is 12.1. The number of nitrogens with one attached hydrogen (secondary N) is 1. The molecule has 0 spiro atoms. The summed E-state index contributed by atoms with van der Waals surface area (Å²) in [6, 6.07) is 26.8. The van der Waals surface area contributed by atoms with Crippen LogP contribution in [0, 0.1) is 5.41 Å². The number of benzene rings is 4. The first kappa shape index (κ1) is 24.7. The summed E-state index contributed by atoms with van der Waals surface area (Å²) in [5, 5.41) is 9.61. The molecule has 0 saturated carbocycles. The van der Waals surface area contributed by atoms with E-state index in [1.54, 1.807) is 42.2 Å². The highest BCUT2D eigenvalue weighted by molar-refractivity contribution is 6.07. The van der Waals surface area contributed by atoms with Gasteiger partial charge in [0.1, 0.15) is 11.4 Å². The van der Waals surface area contributed by atoms with E-state index >= 15 is 0 Å². The summed E-state index contributed by atoms with van der Waals surface area (Å²) >= 11 is 0. The molecule has 1 heterocycles. The van der Waals surface area contributed by atoms with E-state index in [0.717, 1.165) is 16.3 Å². The van der Waals surface area contributed by atoms with E-state index in [1.807, 2.05) is 60.7 Å². The van der Waals surface area contributed by atoms with Crippen molar-refractivity contribution >= 4 is 34.5 Å². The fourth-order valence-electron chi connectivity index (χ4n) is 4.96. The number of primary amides is 1. The van der Waals surface area contributed by atoms with Crippen LogP contribution in [0.1, 0.15) is 39.5 Å². The summed E-state index contributed by atoms with van der Waals surface area (Å²) in [4.78, 5) is 42.2. The monoisotopic (exact) mass is 505 g/mol. The lowest BCUT2D eigenvalue weighted by Gasteiger charge is -2.32. The Kier molecular flexibility index (Phi) is 6.16. The van der Waals surface area contributed by atoms with E-state index < -0.39 is 17.5 Å². The molecule has 0 aliphatic carbocycles. The molecule has 1 atom stereocenters. The number of rotatable bonds is 7. The SMILES string of the molecule is CC1(c2ccccc2)C(=O)N(Cc2cccc(C(N)=O)c2)C(=O)N1Cc1ccc2ccc(C(=N)N)cc2c1. The molecule has 8 heteroatoms. The largest absolute Gasteiger partial charge is 0.384 e. The molecule has 5 N–H and O–H groups in total. The number of nitrogens with two attached hydrogens (primary N) is 2. The average Bonchev–Trinajstić information content (AvgIpc) is 3.10. The molecule has 0 radical (unpaired) electrons. The summed E-state index contributed by atoms with van der Waals surface area (Å²) in [5.74, 6) is -0.950. The number of carbonyl (C=O) groups is 3. The lowest BCUT2D eigenvalue weighted by molar-refractivity contribution is -0.133. The molecule has 4 amide bonds. The van der Waals surface area contributed by atoms with Crippen molar-refractivity contribution in [2.24, 2.45) is 11.5 Å². The molecule has 190 valence electrons. The summed E-state index contributed by atoms with van der Waals surface area (Å²) < 4.78 is 0. The van der Waals surface area contributed by atoms with Gasteiger partial charge in [-0.2, -0.15) is 0 Å². The molecule has 0 aromatic heterocycles. The van der Waals surface area contributed by atoms with Gasteiger partial charge >= 0.3 is 6.03 Å². The Morgan fingerprint density at radius 3 is 2.21 bits per heavy atom. The third kappa shape index (κ3) is 4.26. The second-order valence-corrected chi connectivity index (χ2v) is 9.57. The van der Waals surface area contributed by atoms with Gasteiger partial charge in [-0.25, -0.2) is 4.79 Å². The molecule has 38 heavy (non-hydrogen) atoms. The van der Waals surface area contributed by atoms with E-state index in [0.29, 0.717) is 22.3 Å². The van der Waals surface area contributed by atoms with Gasteiger partial charge in [0.2, 0.25) is 5.91 Å². The van der Waals surface area contributed by atoms with Crippen LogP contribution in [-0.2, 0) is 23.4 Å². The third-order valence-electron chi connectivity index (χ3n) is 7.11. The van der Waals surface area contributed by atoms with Crippen LogP contribution in [0.5, 0.6) is 0 Å². The number of carbonyl (C=O) groups excluding carboxylic acids is 3. The summed E-state index contributed by atoms with van der Waals surface area (Å²) in [6.07, 6.45) is 0. The van der Waals surface area contributed by atoms with Crippen LogP contribution < -0.4 is 11.5 Å². The zero-order valence-electron chi connectivity index (χ0n) is 20.8. The minimum Gasteiger partial charge on any atom is -0.384 e. The van der Waals surface area contributed by atoms with Gasteiger partial charge in [-0.15, -0.1) is 0 Å². The van der Waals surface area contributed by atoms with Crippen LogP contribution >= 0.6 is 0 Å². The number of imide groups is 1. The molecule has 8 nitrogen and oxygen atoms in total. The van der Waals surface area contributed by atoms with Crippen LogP contribution in [0.2, 0.25) is 0 Å². The van der Waals surface area contributed by atoms with Crippen LogP contribution in [-0.4, -0.2) is 33.5 Å². The second kappa shape index (κ2) is 9.48. The first-order chi connectivity index (χ1) is 18.2. The second-order valence-electron chi connectivity index (χ2n) is 9.57. The Morgan fingerprint density at radius 2 is 1.50 bits per heavy atom. The van der Waals surface area contributed by atoms with Crippen LogP contribution in [0.25, 0.3) is 10.8 Å². The van der Waals surface area contributed by atoms with Crippen molar-refractivity contribution in [1.29, 1.82) is 5.41 Å². The number of nitrogen functional groups attached to an aromatic ring is 1. The van der Waals surface area contributed by atoms with Crippen molar-refractivity contribution in [2.45, 2.75) is 25.6 Å². The van der Waals surface area contributed by atoms with Gasteiger partial charge in [-0.3, -0.25) is 19.9 Å². The smallest absolute Gasteiger partial charge is 0.328 e. The van der Waals surface area contributed by atoms with Crippen LogP contribution in [0.4, 0.5) is 4.79 Å². The number of hydrogen-bond acceptors (Lipinski definition) is 4. The van der Waals surface area contributed by atoms with Crippen molar-refractivity contribution in [3.63, 3.8) is 0 Å². The van der Waals surface area contributed by atoms with Gasteiger partial charge in [-0.05, 0) is 58.7 Å². The molecule has 0 bridgehead atoms. The van der Waals surface area contributed by atoms with E-state index in [9.17, 15) is 14.4 Å². The number of urea groups is 1. The van der Waals surface area contributed by atoms with E-state index in [-0.39, 0.29) is 24.8 Å². The van der Waals surface area contributed by atoms with Gasteiger partial charge in [0.05, 0.1) is 6.54 Å². The van der Waals surface area contributed by atoms with E-state index in [1.165, 1.54) is 4.90 Å². The van der Waals surface area contributed by atoms with Crippen molar-refractivity contribution in [3.8, 4) is 0 Å². The normalized spacial score (nSPS) is 17.3. The number of hydrogen-bond donors (Lipinski definition) is 3. The third-order valence-corrected chi connectivity index (χ3v) is 7.11. The number of amides is 4. The van der Waals surface area contributed by atoms with Gasteiger partial charge < -0.3 is 16.4 Å². The lowest BCUT2D eigenvalue weighted by atomic mass is 9.90. The Balaban J connectivity index is 1.54. The number of nitrogens with zero attached hydrogens (tertiary/aromatic N) is 2. The minimum atomic E-state index is -1.24. The molecule has 4 aromatic carbocycles. The molecule has 1 saturated heterocycles. The highest BCUT2D eigenvalue weighted by atomic mass is 16.2. The molecule has 1 aliphatic rings. The molecular weight excluding hydrogens is 478 g/mol.